The minimum Gasteiger partial charge on any atom is -0.341 e. The van der Waals surface area contributed by atoms with Gasteiger partial charge in [-0.3, -0.25) is 9.59 Å². The highest BCUT2D eigenvalue weighted by Gasteiger charge is 2.51. The monoisotopic (exact) mass is 318 g/mol. The van der Waals surface area contributed by atoms with E-state index in [1.807, 2.05) is 37.2 Å². The molecular formula is C17H26N4O2. The Morgan fingerprint density at radius 1 is 1.35 bits per heavy atom. The molecule has 0 unspecified atom stereocenters. The van der Waals surface area contributed by atoms with Crippen LogP contribution in [0.4, 0.5) is 0 Å². The molecule has 0 atom stereocenters. The standard InChI is InChI=1S/C17H26N4O2/c1-12(2)20-6-13(19-11-20)14(22)5-16(3,4)15(23)21-9-17(10-21)7-18-8-17/h6,11-12,18H,5,7-10H2,1-4H3. The lowest BCUT2D eigenvalue weighted by Crippen LogP contribution is -2.72. The van der Waals surface area contributed by atoms with Gasteiger partial charge in [-0.15, -0.1) is 0 Å². The molecule has 0 bridgehead atoms. The number of imidazole rings is 1. The van der Waals surface area contributed by atoms with Gasteiger partial charge >= 0.3 is 0 Å². The van der Waals surface area contributed by atoms with Crippen molar-refractivity contribution in [2.45, 2.75) is 40.2 Å². The van der Waals surface area contributed by atoms with E-state index in [2.05, 4.69) is 10.3 Å². The van der Waals surface area contributed by atoms with Gasteiger partial charge in [0.15, 0.2) is 5.78 Å². The first kappa shape index (κ1) is 16.2. The van der Waals surface area contributed by atoms with E-state index in [1.165, 1.54) is 0 Å². The average molecular weight is 318 g/mol. The molecule has 0 radical (unpaired) electrons. The van der Waals surface area contributed by atoms with Crippen LogP contribution in [0.2, 0.25) is 0 Å². The van der Waals surface area contributed by atoms with Crippen LogP contribution >= 0.6 is 0 Å². The summed E-state index contributed by atoms with van der Waals surface area (Å²) < 4.78 is 1.91. The molecule has 1 aromatic rings. The Kier molecular flexibility index (Phi) is 3.83. The highest BCUT2D eigenvalue weighted by molar-refractivity contribution is 5.98. The van der Waals surface area contributed by atoms with Gasteiger partial charge in [-0.25, -0.2) is 4.98 Å². The zero-order chi connectivity index (χ0) is 16.8. The Balaban J connectivity index is 1.60. The summed E-state index contributed by atoms with van der Waals surface area (Å²) in [5.41, 5.74) is 0.0753. The van der Waals surface area contributed by atoms with E-state index >= 15 is 0 Å². The maximum absolute atomic E-state index is 12.7. The predicted molar refractivity (Wildman–Crippen MR) is 87.2 cm³/mol. The number of nitrogens with one attached hydrogen (secondary N) is 1. The number of hydrogen-bond donors (Lipinski definition) is 1. The van der Waals surface area contributed by atoms with Crippen LogP contribution in [0.1, 0.15) is 50.6 Å². The van der Waals surface area contributed by atoms with E-state index in [0.717, 1.165) is 26.2 Å². The minimum absolute atomic E-state index is 0.0664. The first-order valence-corrected chi connectivity index (χ1v) is 8.29. The molecule has 2 fully saturated rings. The number of carbonyl (C=O) groups excluding carboxylic acids is 2. The smallest absolute Gasteiger partial charge is 0.228 e. The van der Waals surface area contributed by atoms with Crippen molar-refractivity contribution in [1.29, 1.82) is 0 Å². The summed E-state index contributed by atoms with van der Waals surface area (Å²) >= 11 is 0. The number of carbonyl (C=O) groups is 2. The Labute approximate surface area is 137 Å². The average Bonchev–Trinajstić information content (AvgIpc) is 2.84. The second kappa shape index (κ2) is 5.44. The van der Waals surface area contributed by atoms with Crippen LogP contribution < -0.4 is 5.32 Å². The number of likely N-dealkylation sites (tertiary alicyclic amines) is 1. The van der Waals surface area contributed by atoms with E-state index in [-0.39, 0.29) is 24.2 Å². The molecule has 3 heterocycles. The SMILES string of the molecule is CC(C)n1cnc(C(=O)CC(C)(C)C(=O)N2CC3(CNC3)C2)c1. The number of rotatable bonds is 5. The van der Waals surface area contributed by atoms with Gasteiger partial charge in [0.05, 0.1) is 11.7 Å². The van der Waals surface area contributed by atoms with Gasteiger partial charge in [-0.1, -0.05) is 13.8 Å². The van der Waals surface area contributed by atoms with Gasteiger partial charge < -0.3 is 14.8 Å². The van der Waals surface area contributed by atoms with Crippen molar-refractivity contribution in [2.24, 2.45) is 10.8 Å². The van der Waals surface area contributed by atoms with E-state index < -0.39 is 5.41 Å². The maximum Gasteiger partial charge on any atom is 0.228 e. The van der Waals surface area contributed by atoms with Gasteiger partial charge in [-0.2, -0.15) is 0 Å². The van der Waals surface area contributed by atoms with Crippen molar-refractivity contribution in [3.8, 4) is 0 Å². The molecule has 2 aliphatic heterocycles. The van der Waals surface area contributed by atoms with Crippen LogP contribution in [0, 0.1) is 10.8 Å². The first-order valence-electron chi connectivity index (χ1n) is 8.29. The number of hydrogen-bond acceptors (Lipinski definition) is 4. The first-order chi connectivity index (χ1) is 10.7. The van der Waals surface area contributed by atoms with Crippen molar-refractivity contribution >= 4 is 11.7 Å². The van der Waals surface area contributed by atoms with Crippen LogP contribution in [0.15, 0.2) is 12.5 Å². The molecule has 6 nitrogen and oxygen atoms in total. The van der Waals surface area contributed by atoms with Gasteiger partial charge in [0.2, 0.25) is 5.91 Å². The summed E-state index contributed by atoms with van der Waals surface area (Å²) in [5, 5.41) is 3.26. The van der Waals surface area contributed by atoms with Crippen molar-refractivity contribution in [3.05, 3.63) is 18.2 Å². The topological polar surface area (TPSA) is 67.2 Å². The molecule has 23 heavy (non-hydrogen) atoms. The summed E-state index contributed by atoms with van der Waals surface area (Å²) in [5.74, 6) is 0.00923. The molecule has 1 amide bonds. The Morgan fingerprint density at radius 2 is 2.00 bits per heavy atom. The zero-order valence-electron chi connectivity index (χ0n) is 14.4. The Hall–Kier alpha value is -1.69. The van der Waals surface area contributed by atoms with E-state index in [0.29, 0.717) is 11.1 Å². The number of aromatic nitrogens is 2. The number of amides is 1. The molecule has 2 saturated heterocycles. The largest absolute Gasteiger partial charge is 0.341 e. The van der Waals surface area contributed by atoms with Crippen molar-refractivity contribution in [2.75, 3.05) is 26.2 Å². The second-order valence-corrected chi connectivity index (χ2v) is 8.05. The molecule has 3 rings (SSSR count). The second-order valence-electron chi connectivity index (χ2n) is 8.05. The van der Waals surface area contributed by atoms with Crippen LogP contribution in [0.5, 0.6) is 0 Å². The fourth-order valence-electron chi connectivity index (χ4n) is 3.37. The molecule has 0 saturated carbocycles. The van der Waals surface area contributed by atoms with Gasteiger partial charge in [0, 0.05) is 50.3 Å². The summed E-state index contributed by atoms with van der Waals surface area (Å²) in [6.07, 6.45) is 3.64. The highest BCUT2D eigenvalue weighted by atomic mass is 16.2. The van der Waals surface area contributed by atoms with Crippen molar-refractivity contribution < 1.29 is 9.59 Å². The summed E-state index contributed by atoms with van der Waals surface area (Å²) in [4.78, 5) is 31.2. The fourth-order valence-corrected chi connectivity index (χ4v) is 3.37. The normalized spacial score (nSPS) is 19.6. The van der Waals surface area contributed by atoms with E-state index in [4.69, 9.17) is 0 Å². The molecule has 0 aliphatic carbocycles. The molecule has 2 aliphatic rings. The zero-order valence-corrected chi connectivity index (χ0v) is 14.4. The lowest BCUT2D eigenvalue weighted by atomic mass is 9.72. The molecule has 1 spiro atoms. The molecule has 6 heteroatoms. The Morgan fingerprint density at radius 3 is 2.48 bits per heavy atom. The molecule has 1 aromatic heterocycles. The highest BCUT2D eigenvalue weighted by Crippen LogP contribution is 2.37. The third kappa shape index (κ3) is 2.92. The summed E-state index contributed by atoms with van der Waals surface area (Å²) in [7, 11) is 0. The van der Waals surface area contributed by atoms with Gasteiger partial charge in [0.1, 0.15) is 5.69 Å². The minimum atomic E-state index is -0.683. The molecule has 0 aromatic carbocycles. The molecule has 1 N–H and O–H groups in total. The van der Waals surface area contributed by atoms with E-state index in [1.54, 1.807) is 12.5 Å². The van der Waals surface area contributed by atoms with Crippen LogP contribution in [-0.2, 0) is 4.79 Å². The third-order valence-electron chi connectivity index (χ3n) is 5.00. The Bertz CT molecular complexity index is 620. The third-order valence-corrected chi connectivity index (χ3v) is 5.00. The van der Waals surface area contributed by atoms with Crippen molar-refractivity contribution in [3.63, 3.8) is 0 Å². The quantitative estimate of drug-likeness (QED) is 0.835. The summed E-state index contributed by atoms with van der Waals surface area (Å²) in [6, 6.07) is 0.270. The van der Waals surface area contributed by atoms with Crippen molar-refractivity contribution in [1.82, 2.24) is 19.8 Å². The lowest BCUT2D eigenvalue weighted by Gasteiger charge is -2.57. The fraction of sp³-hybridized carbons (Fsp3) is 0.706. The molecule has 126 valence electrons. The predicted octanol–water partition coefficient (Wildman–Crippen LogP) is 1.49. The van der Waals surface area contributed by atoms with Gasteiger partial charge in [-0.05, 0) is 13.8 Å². The molecular weight excluding hydrogens is 292 g/mol. The lowest BCUT2D eigenvalue weighted by molar-refractivity contribution is -0.156. The van der Waals surface area contributed by atoms with Crippen LogP contribution in [0.3, 0.4) is 0 Å². The number of Topliss-reactive ketones (excluding diaryl/α,β-unsaturated/α-hetero) is 1. The summed E-state index contributed by atoms with van der Waals surface area (Å²) in [6.45, 7) is 11.4. The number of nitrogens with zero attached hydrogens (tertiary/aromatic N) is 3. The number of ketones is 1. The maximum atomic E-state index is 12.7. The van der Waals surface area contributed by atoms with Crippen LogP contribution in [0.25, 0.3) is 0 Å². The van der Waals surface area contributed by atoms with E-state index in [9.17, 15) is 9.59 Å². The van der Waals surface area contributed by atoms with Gasteiger partial charge in [0.25, 0.3) is 0 Å². The van der Waals surface area contributed by atoms with Crippen LogP contribution in [-0.4, -0.2) is 52.3 Å².